The molecule has 0 saturated heterocycles. The molecule has 0 radical (unpaired) electrons. The van der Waals surface area contributed by atoms with Crippen molar-refractivity contribution in [2.24, 2.45) is 0 Å². The van der Waals surface area contributed by atoms with Crippen LogP contribution in [0.2, 0.25) is 0 Å². The third-order valence-corrected chi connectivity index (χ3v) is 10.9. The Labute approximate surface area is 293 Å². The first-order chi connectivity index (χ1) is 24.8. The number of hydrogen-bond donors (Lipinski definition) is 1. The maximum atomic E-state index is 3.78. The van der Waals surface area contributed by atoms with Crippen LogP contribution >= 0.6 is 0 Å². The average molecular weight is 644 g/mol. The average Bonchev–Trinajstić information content (AvgIpc) is 3.71. The van der Waals surface area contributed by atoms with E-state index in [1.165, 1.54) is 78.0 Å². The van der Waals surface area contributed by atoms with Crippen molar-refractivity contribution in [3.63, 3.8) is 0 Å². The third-order valence-electron chi connectivity index (χ3n) is 10.9. The summed E-state index contributed by atoms with van der Waals surface area (Å²) >= 11 is 0. The molecule has 2 unspecified atom stereocenters. The highest BCUT2D eigenvalue weighted by atomic mass is 15.2. The second-order valence-corrected chi connectivity index (χ2v) is 13.7. The predicted octanol–water partition coefficient (Wildman–Crippen LogP) is 11.2. The normalized spacial score (nSPS) is 19.6. The highest BCUT2D eigenvalue weighted by Crippen LogP contribution is 2.49. The molecule has 3 nitrogen and oxygen atoms in total. The van der Waals surface area contributed by atoms with Gasteiger partial charge in [0, 0.05) is 39.1 Å². The number of benzene rings is 5. The minimum atomic E-state index is 0.201. The van der Waals surface area contributed by atoms with Gasteiger partial charge in [-0.05, 0) is 102 Å². The molecule has 240 valence electrons. The van der Waals surface area contributed by atoms with Crippen molar-refractivity contribution < 1.29 is 0 Å². The SMILES string of the molecule is C1=CC(c2ccccc2)NC(C2=CC=C(N3c4ccccc4C4=CC(c5ccc6c(c5)c5ccccc5n6-c5ccccc5)=CCC43)CC2)=C1. The fourth-order valence-electron chi connectivity index (χ4n) is 8.48. The monoisotopic (exact) mass is 643 g/mol. The lowest BCUT2D eigenvalue weighted by molar-refractivity contribution is 0.690. The third kappa shape index (κ3) is 4.73. The van der Waals surface area contributed by atoms with Crippen molar-refractivity contribution in [3.05, 3.63) is 204 Å². The van der Waals surface area contributed by atoms with Crippen LogP contribution in [0, 0.1) is 0 Å². The van der Waals surface area contributed by atoms with E-state index >= 15 is 0 Å². The lowest BCUT2D eigenvalue weighted by Gasteiger charge is -2.33. The van der Waals surface area contributed by atoms with E-state index in [4.69, 9.17) is 0 Å². The van der Waals surface area contributed by atoms with Crippen LogP contribution in [0.3, 0.4) is 0 Å². The molecule has 1 aromatic heterocycles. The van der Waals surface area contributed by atoms with Gasteiger partial charge in [0.1, 0.15) is 0 Å². The lowest BCUT2D eigenvalue weighted by Crippen LogP contribution is -2.32. The molecule has 0 fully saturated rings. The Hall–Kier alpha value is -6.06. The van der Waals surface area contributed by atoms with Crippen LogP contribution in [-0.2, 0) is 0 Å². The molecule has 2 atom stereocenters. The maximum Gasteiger partial charge on any atom is 0.0701 e. The first kappa shape index (κ1) is 28.9. The molecule has 1 N–H and O–H groups in total. The first-order valence-electron chi connectivity index (χ1n) is 17.8. The molecule has 10 rings (SSSR count). The number of anilines is 1. The Bertz CT molecular complexity index is 2490. The van der Waals surface area contributed by atoms with E-state index in [0.29, 0.717) is 6.04 Å². The predicted molar refractivity (Wildman–Crippen MR) is 209 cm³/mol. The molecule has 0 bridgehead atoms. The number of rotatable bonds is 5. The van der Waals surface area contributed by atoms with Crippen LogP contribution < -0.4 is 10.2 Å². The van der Waals surface area contributed by atoms with Gasteiger partial charge in [-0.25, -0.2) is 0 Å². The van der Waals surface area contributed by atoms with Crippen LogP contribution in [-0.4, -0.2) is 10.6 Å². The number of aromatic nitrogens is 1. The van der Waals surface area contributed by atoms with Gasteiger partial charge in [0.15, 0.2) is 0 Å². The summed E-state index contributed by atoms with van der Waals surface area (Å²) in [4.78, 5) is 2.62. The van der Waals surface area contributed by atoms with Gasteiger partial charge in [-0.2, -0.15) is 0 Å². The minimum absolute atomic E-state index is 0.201. The summed E-state index contributed by atoms with van der Waals surface area (Å²) in [7, 11) is 0. The largest absolute Gasteiger partial charge is 0.374 e. The number of nitrogens with one attached hydrogen (secondary N) is 1. The molecule has 2 aliphatic heterocycles. The van der Waals surface area contributed by atoms with E-state index in [2.05, 4.69) is 185 Å². The van der Waals surface area contributed by atoms with Crippen molar-refractivity contribution in [1.82, 2.24) is 9.88 Å². The summed E-state index contributed by atoms with van der Waals surface area (Å²) < 4.78 is 2.39. The van der Waals surface area contributed by atoms with Gasteiger partial charge in [0.2, 0.25) is 0 Å². The van der Waals surface area contributed by atoms with Gasteiger partial charge in [-0.1, -0.05) is 115 Å². The fourth-order valence-corrected chi connectivity index (χ4v) is 8.48. The Morgan fingerprint density at radius 3 is 2.30 bits per heavy atom. The van der Waals surface area contributed by atoms with Gasteiger partial charge < -0.3 is 14.8 Å². The van der Waals surface area contributed by atoms with Crippen molar-refractivity contribution in [2.45, 2.75) is 31.3 Å². The van der Waals surface area contributed by atoms with Gasteiger partial charge >= 0.3 is 0 Å². The summed E-state index contributed by atoms with van der Waals surface area (Å²) in [5.41, 5.74) is 15.6. The summed E-state index contributed by atoms with van der Waals surface area (Å²) in [5, 5.41) is 6.36. The highest BCUT2D eigenvalue weighted by Gasteiger charge is 2.37. The van der Waals surface area contributed by atoms with Gasteiger partial charge in [-0.3, -0.25) is 0 Å². The van der Waals surface area contributed by atoms with E-state index in [-0.39, 0.29) is 6.04 Å². The topological polar surface area (TPSA) is 20.2 Å². The van der Waals surface area contributed by atoms with Gasteiger partial charge in [0.05, 0.1) is 23.1 Å². The zero-order valence-corrected chi connectivity index (χ0v) is 27.8. The zero-order valence-electron chi connectivity index (χ0n) is 27.8. The molecule has 0 saturated carbocycles. The molecule has 50 heavy (non-hydrogen) atoms. The van der Waals surface area contributed by atoms with Crippen LogP contribution in [0.1, 0.15) is 42.0 Å². The van der Waals surface area contributed by atoms with Crippen LogP contribution in [0.5, 0.6) is 0 Å². The second-order valence-electron chi connectivity index (χ2n) is 13.7. The number of fused-ring (bicyclic) bond motifs is 6. The van der Waals surface area contributed by atoms with Crippen LogP contribution in [0.4, 0.5) is 5.69 Å². The Morgan fingerprint density at radius 2 is 1.44 bits per heavy atom. The number of dihydropyridines is 1. The Kier molecular flexibility index (Phi) is 6.83. The molecular weight excluding hydrogens is 607 g/mol. The maximum absolute atomic E-state index is 3.78. The number of para-hydroxylation sites is 3. The van der Waals surface area contributed by atoms with E-state index in [1.807, 2.05) is 0 Å². The number of allylic oxidation sites excluding steroid dienone is 8. The minimum Gasteiger partial charge on any atom is -0.374 e. The number of hydrogen-bond acceptors (Lipinski definition) is 2. The van der Waals surface area contributed by atoms with Crippen molar-refractivity contribution in [2.75, 3.05) is 4.90 Å². The van der Waals surface area contributed by atoms with E-state index < -0.39 is 0 Å². The van der Waals surface area contributed by atoms with E-state index in [9.17, 15) is 0 Å². The van der Waals surface area contributed by atoms with Gasteiger partial charge in [0.25, 0.3) is 0 Å². The molecule has 3 heterocycles. The molecule has 5 aromatic carbocycles. The summed E-state index contributed by atoms with van der Waals surface area (Å²) in [6.07, 6.45) is 19.3. The smallest absolute Gasteiger partial charge is 0.0701 e. The quantitative estimate of drug-likeness (QED) is 0.202. The van der Waals surface area contributed by atoms with Crippen molar-refractivity contribution in [1.29, 1.82) is 0 Å². The molecular formula is C47H37N3. The number of nitrogens with zero attached hydrogens (tertiary/aromatic N) is 2. The molecule has 0 amide bonds. The van der Waals surface area contributed by atoms with Gasteiger partial charge in [-0.15, -0.1) is 0 Å². The van der Waals surface area contributed by atoms with E-state index in [1.54, 1.807) is 0 Å². The summed E-state index contributed by atoms with van der Waals surface area (Å²) in [6, 6.07) is 46.7. The molecule has 0 spiro atoms. The van der Waals surface area contributed by atoms with Crippen LogP contribution in [0.25, 0.3) is 38.6 Å². The van der Waals surface area contributed by atoms with Crippen molar-refractivity contribution >= 4 is 38.6 Å². The summed E-state index contributed by atoms with van der Waals surface area (Å²) in [5.74, 6) is 0. The fraction of sp³-hybridized carbons (Fsp3) is 0.106. The van der Waals surface area contributed by atoms with Crippen molar-refractivity contribution in [3.8, 4) is 5.69 Å². The highest BCUT2D eigenvalue weighted by molar-refractivity contribution is 6.10. The van der Waals surface area contributed by atoms with Crippen LogP contribution in [0.15, 0.2) is 187 Å². The Balaban J connectivity index is 0.970. The Morgan fingerprint density at radius 1 is 0.660 bits per heavy atom. The second kappa shape index (κ2) is 11.8. The molecule has 3 heteroatoms. The lowest BCUT2D eigenvalue weighted by atomic mass is 9.88. The standard InChI is InChI=1S/C47H37N3/c1-3-12-32(13-4-1)42-18-11-19-43(48-42)33-22-26-37(27-23-33)50-45-21-10-8-17-39(45)41-31-35(25-29-47(41)50)34-24-28-46-40(30-34)38-16-7-9-20-44(38)49(46)36-14-5-2-6-15-36/h1-22,24-26,28,30-31,42,47-48H,23,27,29H2. The molecule has 4 aliphatic rings. The summed E-state index contributed by atoms with van der Waals surface area (Å²) in [6.45, 7) is 0. The first-order valence-corrected chi connectivity index (χ1v) is 17.8. The van der Waals surface area contributed by atoms with E-state index in [0.717, 1.165) is 19.3 Å². The molecule has 6 aromatic rings. The zero-order chi connectivity index (χ0) is 33.0. The molecule has 2 aliphatic carbocycles.